The molecule has 0 N–H and O–H groups in total. The van der Waals surface area contributed by atoms with Gasteiger partial charge in [-0.2, -0.15) is 0 Å². The summed E-state index contributed by atoms with van der Waals surface area (Å²) in [7, 11) is -1.20. The summed E-state index contributed by atoms with van der Waals surface area (Å²) in [6.07, 6.45) is 8.86. The summed E-state index contributed by atoms with van der Waals surface area (Å²) in [5.74, 6) is 0.752. The van der Waals surface area contributed by atoms with Crippen molar-refractivity contribution in [3.05, 3.63) is 66.0 Å². The maximum atomic E-state index is 14.3. The molecule has 0 radical (unpaired) electrons. The molecule has 4 rings (SSSR count). The van der Waals surface area contributed by atoms with Crippen molar-refractivity contribution in [2.75, 3.05) is 0 Å². The van der Waals surface area contributed by atoms with Crippen LogP contribution in [0.3, 0.4) is 0 Å². The van der Waals surface area contributed by atoms with Crippen molar-refractivity contribution in [2.24, 2.45) is 0 Å². The van der Waals surface area contributed by atoms with Gasteiger partial charge in [0.15, 0.2) is 5.70 Å². The number of aromatic nitrogens is 1. The second-order valence-electron chi connectivity index (χ2n) is 4.26. The van der Waals surface area contributed by atoms with Gasteiger partial charge >= 0.3 is 7.26 Å². The molecule has 0 bridgehead atoms. The standard InChI is InChI=1S/C13H9BFN2O/c15-14-16-7-1-4-10(16)13(12-6-3-9-18-12)11-5-2-8-17(11)14/h1-9H/q+1. The molecule has 5 heteroatoms. The minimum Gasteiger partial charge on any atom is -0.464 e. The Labute approximate surface area is 103 Å². The first kappa shape index (κ1) is 9.71. The van der Waals surface area contributed by atoms with Gasteiger partial charge in [-0.25, -0.2) is 8.80 Å². The largest absolute Gasteiger partial charge is 0.845 e. The average molecular weight is 239 g/mol. The van der Waals surface area contributed by atoms with Gasteiger partial charge in [0.25, 0.3) is 0 Å². The smallest absolute Gasteiger partial charge is 0.464 e. The van der Waals surface area contributed by atoms with Crippen molar-refractivity contribution >= 4 is 19.0 Å². The van der Waals surface area contributed by atoms with Crippen LogP contribution in [0.2, 0.25) is 0 Å². The van der Waals surface area contributed by atoms with Gasteiger partial charge in [0, 0.05) is 18.3 Å². The first-order valence-corrected chi connectivity index (χ1v) is 5.75. The van der Waals surface area contributed by atoms with E-state index in [1.807, 2.05) is 36.4 Å². The molecule has 2 aliphatic heterocycles. The third kappa shape index (κ3) is 1.11. The van der Waals surface area contributed by atoms with Crippen molar-refractivity contribution in [3.63, 3.8) is 0 Å². The summed E-state index contributed by atoms with van der Waals surface area (Å²) in [6, 6.07) is 7.48. The molecule has 0 saturated carbocycles. The molecule has 0 atom stereocenters. The molecule has 0 amide bonds. The number of hydrogen-bond donors (Lipinski definition) is 0. The van der Waals surface area contributed by atoms with Gasteiger partial charge in [-0.05, 0) is 24.3 Å². The minimum atomic E-state index is -1.20. The lowest BCUT2D eigenvalue weighted by molar-refractivity contribution is -0.329. The predicted octanol–water partition coefficient (Wildman–Crippen LogP) is 2.31. The van der Waals surface area contributed by atoms with Gasteiger partial charge < -0.3 is 4.42 Å². The van der Waals surface area contributed by atoms with Crippen LogP contribution >= 0.6 is 0 Å². The Kier molecular flexibility index (Phi) is 1.81. The van der Waals surface area contributed by atoms with Gasteiger partial charge in [0.2, 0.25) is 0 Å². The van der Waals surface area contributed by atoms with E-state index in [2.05, 4.69) is 0 Å². The van der Waals surface area contributed by atoms with Crippen LogP contribution in [0.15, 0.2) is 59.0 Å². The fraction of sp³-hybridized carbons (Fsp3) is 0. The number of hydrogen-bond acceptors (Lipinski definition) is 1. The van der Waals surface area contributed by atoms with E-state index in [9.17, 15) is 4.32 Å². The fourth-order valence-electron chi connectivity index (χ4n) is 2.52. The lowest BCUT2D eigenvalue weighted by Crippen LogP contribution is -2.37. The predicted molar refractivity (Wildman–Crippen MR) is 66.9 cm³/mol. The fourth-order valence-corrected chi connectivity index (χ4v) is 2.52. The van der Waals surface area contributed by atoms with Crippen molar-refractivity contribution in [2.45, 2.75) is 0 Å². The average Bonchev–Trinajstić information content (AvgIpc) is 3.11. The molecule has 0 saturated heterocycles. The summed E-state index contributed by atoms with van der Waals surface area (Å²) < 4.78 is 23.0. The lowest BCUT2D eigenvalue weighted by Gasteiger charge is -2.16. The Hall–Kier alpha value is -2.30. The quantitative estimate of drug-likeness (QED) is 0.699. The highest BCUT2D eigenvalue weighted by Crippen LogP contribution is 2.34. The van der Waals surface area contributed by atoms with E-state index in [1.165, 1.54) is 0 Å². The lowest BCUT2D eigenvalue weighted by atomic mass is 9.93. The van der Waals surface area contributed by atoms with Crippen LogP contribution < -0.4 is 0 Å². The highest BCUT2D eigenvalue weighted by atomic mass is 19.1. The summed E-state index contributed by atoms with van der Waals surface area (Å²) >= 11 is 0. The van der Waals surface area contributed by atoms with E-state index in [1.54, 1.807) is 27.6 Å². The van der Waals surface area contributed by atoms with E-state index >= 15 is 0 Å². The van der Waals surface area contributed by atoms with E-state index in [-0.39, 0.29) is 0 Å². The van der Waals surface area contributed by atoms with Gasteiger partial charge in [-0.15, -0.1) is 0 Å². The van der Waals surface area contributed by atoms with Crippen LogP contribution in [-0.2, 0) is 0 Å². The van der Waals surface area contributed by atoms with Crippen LogP contribution in [0.5, 0.6) is 0 Å². The van der Waals surface area contributed by atoms with Gasteiger partial charge in [0.05, 0.1) is 12.0 Å². The van der Waals surface area contributed by atoms with E-state index in [0.717, 1.165) is 22.7 Å². The first-order valence-electron chi connectivity index (χ1n) is 5.75. The highest BCUT2D eigenvalue weighted by molar-refractivity contribution is 6.42. The van der Waals surface area contributed by atoms with Crippen molar-refractivity contribution in [1.29, 1.82) is 0 Å². The molecule has 0 aliphatic carbocycles. The Morgan fingerprint density at radius 2 is 2.22 bits per heavy atom. The topological polar surface area (TPSA) is 21.1 Å². The molecule has 86 valence electrons. The monoisotopic (exact) mass is 239 g/mol. The number of furan rings is 1. The molecule has 0 fully saturated rings. The van der Waals surface area contributed by atoms with Crippen LogP contribution in [0.4, 0.5) is 4.32 Å². The zero-order valence-electron chi connectivity index (χ0n) is 9.45. The number of allylic oxidation sites excluding steroid dienone is 2. The van der Waals surface area contributed by atoms with Crippen LogP contribution in [0.25, 0.3) is 5.57 Å². The third-order valence-electron chi connectivity index (χ3n) is 3.30. The highest BCUT2D eigenvalue weighted by Gasteiger charge is 2.47. The zero-order chi connectivity index (χ0) is 12.1. The normalized spacial score (nSPS) is 16.9. The maximum absolute atomic E-state index is 14.3. The number of fused-ring (bicyclic) bond motifs is 2. The van der Waals surface area contributed by atoms with Crippen LogP contribution in [-0.4, -0.2) is 22.4 Å². The Morgan fingerprint density at radius 1 is 1.28 bits per heavy atom. The Balaban J connectivity index is 2.07. The molecule has 2 aliphatic rings. The van der Waals surface area contributed by atoms with Crippen molar-refractivity contribution in [3.8, 4) is 0 Å². The Bertz CT molecular complexity index is 709. The molecule has 4 heterocycles. The van der Waals surface area contributed by atoms with Gasteiger partial charge in [-0.1, -0.05) is 0 Å². The summed E-state index contributed by atoms with van der Waals surface area (Å²) in [6.45, 7) is 0. The molecule has 0 aromatic carbocycles. The van der Waals surface area contributed by atoms with Crippen molar-refractivity contribution < 1.29 is 13.2 Å². The van der Waals surface area contributed by atoms with E-state index in [4.69, 9.17) is 4.42 Å². The number of nitrogens with zero attached hydrogens (tertiary/aromatic N) is 2. The number of halogens is 1. The molecule has 2 aromatic rings. The van der Waals surface area contributed by atoms with Gasteiger partial charge in [-0.3, -0.25) is 4.48 Å². The van der Waals surface area contributed by atoms with E-state index in [0.29, 0.717) is 0 Å². The molecule has 18 heavy (non-hydrogen) atoms. The Morgan fingerprint density at radius 3 is 3.06 bits per heavy atom. The van der Waals surface area contributed by atoms with Crippen LogP contribution in [0.1, 0.15) is 11.5 Å². The molecular weight excluding hydrogens is 230 g/mol. The third-order valence-corrected chi connectivity index (χ3v) is 3.30. The summed E-state index contributed by atoms with van der Waals surface area (Å²) in [4.78, 5) is 0. The SMILES string of the molecule is FB1n2cccc2C(c2ccco2)=C2C=CC=[N+]12. The summed E-state index contributed by atoms with van der Waals surface area (Å²) in [5.41, 5.74) is 2.59. The summed E-state index contributed by atoms with van der Waals surface area (Å²) in [5, 5.41) is 0. The van der Waals surface area contributed by atoms with Gasteiger partial charge in [0.1, 0.15) is 17.5 Å². The molecule has 0 spiro atoms. The number of rotatable bonds is 1. The molecule has 0 unspecified atom stereocenters. The van der Waals surface area contributed by atoms with Crippen molar-refractivity contribution in [1.82, 2.24) is 4.48 Å². The molecular formula is C13H9BFN2O+. The van der Waals surface area contributed by atoms with Crippen LogP contribution in [0, 0.1) is 0 Å². The molecule has 3 nitrogen and oxygen atoms in total. The van der Waals surface area contributed by atoms with E-state index < -0.39 is 7.26 Å². The second kappa shape index (κ2) is 3.35. The minimum absolute atomic E-state index is 0.752. The maximum Gasteiger partial charge on any atom is 0.845 e. The first-order chi connectivity index (χ1) is 8.86. The zero-order valence-corrected chi connectivity index (χ0v) is 9.45. The second-order valence-corrected chi connectivity index (χ2v) is 4.26. The molecule has 2 aromatic heterocycles.